The van der Waals surface area contributed by atoms with Crippen LogP contribution in [0.3, 0.4) is 0 Å². The fourth-order valence-electron chi connectivity index (χ4n) is 2.56. The Hall–Kier alpha value is -4.26. The zero-order valence-corrected chi connectivity index (χ0v) is 14.1. The number of amidine groups is 1. The molecule has 3 aromatic rings. The van der Waals surface area contributed by atoms with E-state index in [9.17, 15) is 9.90 Å². The van der Waals surface area contributed by atoms with Gasteiger partial charge in [-0.25, -0.2) is 14.5 Å². The number of hydrogen-bond acceptors (Lipinski definition) is 7. The Bertz CT molecular complexity index is 1120. The number of carbonyl (C=O) groups is 1. The number of pyridine rings is 1. The fourth-order valence-corrected chi connectivity index (χ4v) is 2.56. The van der Waals surface area contributed by atoms with E-state index < -0.39 is 11.8 Å². The number of aromatic nitrogens is 3. The van der Waals surface area contributed by atoms with Crippen molar-refractivity contribution < 1.29 is 9.90 Å². The number of hydrazone groups is 1. The van der Waals surface area contributed by atoms with Crippen LogP contribution in [0.4, 0.5) is 5.69 Å². The van der Waals surface area contributed by atoms with Gasteiger partial charge in [0.1, 0.15) is 6.07 Å². The molecule has 0 fully saturated rings. The average molecular weight is 362 g/mol. The lowest BCUT2D eigenvalue weighted by molar-refractivity contribution is 0.0691. The number of rotatable bonds is 5. The minimum Gasteiger partial charge on any atom is -0.476 e. The number of carboxylic acid groups (broad SMARTS) is 1. The summed E-state index contributed by atoms with van der Waals surface area (Å²) in [5.41, 5.74) is 10.1. The van der Waals surface area contributed by atoms with Crippen LogP contribution in [0, 0.1) is 16.7 Å². The Labute approximate surface area is 153 Å². The van der Waals surface area contributed by atoms with E-state index in [1.54, 1.807) is 49.6 Å². The maximum Gasteiger partial charge on any atom is 0.357 e. The number of hydrogen-bond donors (Lipinski definition) is 4. The van der Waals surface area contributed by atoms with Crippen LogP contribution in [-0.4, -0.2) is 37.4 Å². The summed E-state index contributed by atoms with van der Waals surface area (Å²) < 4.78 is 1.43. The summed E-state index contributed by atoms with van der Waals surface area (Å²) in [6.45, 7) is 0. The second-order valence-corrected chi connectivity index (χ2v) is 5.51. The van der Waals surface area contributed by atoms with Crippen LogP contribution in [0.5, 0.6) is 0 Å². The van der Waals surface area contributed by atoms with Crippen molar-refractivity contribution in [2.45, 2.75) is 0 Å². The van der Waals surface area contributed by atoms with Gasteiger partial charge in [0.2, 0.25) is 5.71 Å². The number of nitrogens with one attached hydrogen (secondary N) is 2. The highest BCUT2D eigenvalue weighted by molar-refractivity contribution is 6.45. The third-order valence-electron chi connectivity index (χ3n) is 3.78. The number of carboxylic acids is 1. The Morgan fingerprint density at radius 3 is 2.67 bits per heavy atom. The SMILES string of the molecule is Cn1nc(C(=O)O)c2c(-c3ccc(N/N=C(\C#N)C(=N)N)cc3)ccnc21. The van der Waals surface area contributed by atoms with Gasteiger partial charge in [-0.1, -0.05) is 12.1 Å². The molecule has 0 saturated heterocycles. The molecule has 0 atom stereocenters. The van der Waals surface area contributed by atoms with Gasteiger partial charge in [-0.05, 0) is 29.3 Å². The lowest BCUT2D eigenvalue weighted by atomic mass is 10.0. The number of aryl methyl sites for hydroxylation is 1. The highest BCUT2D eigenvalue weighted by Gasteiger charge is 2.19. The Morgan fingerprint density at radius 2 is 2.07 bits per heavy atom. The van der Waals surface area contributed by atoms with Gasteiger partial charge < -0.3 is 10.8 Å². The highest BCUT2D eigenvalue weighted by Crippen LogP contribution is 2.30. The largest absolute Gasteiger partial charge is 0.476 e. The standard InChI is InChI=1S/C17H14N8O2/c1-25-16-13(14(24-25)17(26)27)11(6-7-21-16)9-2-4-10(5-3-9)22-23-12(8-18)15(19)20/h2-7,22H,1H3,(H3,19,20)(H,26,27)/b23-12+. The van der Waals surface area contributed by atoms with Crippen LogP contribution in [-0.2, 0) is 7.05 Å². The molecule has 0 saturated carbocycles. The number of aromatic carboxylic acids is 1. The summed E-state index contributed by atoms with van der Waals surface area (Å²) in [5.74, 6) is -1.56. The van der Waals surface area contributed by atoms with Gasteiger partial charge in [-0.15, -0.1) is 0 Å². The third-order valence-corrected chi connectivity index (χ3v) is 3.78. The zero-order chi connectivity index (χ0) is 19.6. The van der Waals surface area contributed by atoms with Crippen molar-refractivity contribution in [1.82, 2.24) is 14.8 Å². The molecule has 10 nitrogen and oxygen atoms in total. The van der Waals surface area contributed by atoms with Crippen molar-refractivity contribution in [2.75, 3.05) is 5.43 Å². The summed E-state index contributed by atoms with van der Waals surface area (Å²) in [6.07, 6.45) is 1.59. The lowest BCUT2D eigenvalue weighted by Gasteiger charge is -2.06. The van der Waals surface area contributed by atoms with Crippen molar-refractivity contribution >= 4 is 34.2 Å². The van der Waals surface area contributed by atoms with Crippen molar-refractivity contribution in [3.05, 3.63) is 42.2 Å². The Morgan fingerprint density at radius 1 is 1.37 bits per heavy atom. The highest BCUT2D eigenvalue weighted by atomic mass is 16.4. The topological polar surface area (TPSA) is 166 Å². The second-order valence-electron chi connectivity index (χ2n) is 5.51. The van der Waals surface area contributed by atoms with E-state index in [1.165, 1.54) is 4.68 Å². The van der Waals surface area contributed by atoms with Crippen LogP contribution in [0.25, 0.3) is 22.2 Å². The molecule has 0 amide bonds. The molecule has 3 rings (SSSR count). The predicted molar refractivity (Wildman–Crippen MR) is 99.5 cm³/mol. The molecule has 0 aliphatic heterocycles. The minimum absolute atomic E-state index is 0.0671. The normalized spacial score (nSPS) is 11.2. The molecule has 1 aromatic carbocycles. The molecular formula is C17H14N8O2. The third kappa shape index (κ3) is 3.29. The summed E-state index contributed by atoms with van der Waals surface area (Å²) in [7, 11) is 1.64. The molecule has 2 aromatic heterocycles. The van der Waals surface area contributed by atoms with E-state index >= 15 is 0 Å². The first-order valence-electron chi connectivity index (χ1n) is 7.66. The quantitative estimate of drug-likeness (QED) is 0.303. The van der Waals surface area contributed by atoms with E-state index in [0.29, 0.717) is 22.3 Å². The van der Waals surface area contributed by atoms with Gasteiger partial charge in [0, 0.05) is 13.2 Å². The van der Waals surface area contributed by atoms with Gasteiger partial charge in [0.15, 0.2) is 17.2 Å². The molecule has 0 unspecified atom stereocenters. The number of fused-ring (bicyclic) bond motifs is 1. The first-order chi connectivity index (χ1) is 12.9. The monoisotopic (exact) mass is 362 g/mol. The number of benzene rings is 1. The van der Waals surface area contributed by atoms with E-state index in [1.807, 2.05) is 0 Å². The minimum atomic E-state index is -1.13. The van der Waals surface area contributed by atoms with Crippen molar-refractivity contribution in [2.24, 2.45) is 17.9 Å². The molecule has 134 valence electrons. The molecule has 2 heterocycles. The molecule has 0 bridgehead atoms. The molecule has 5 N–H and O–H groups in total. The van der Waals surface area contributed by atoms with Crippen molar-refractivity contribution in [3.63, 3.8) is 0 Å². The maximum atomic E-state index is 11.5. The number of anilines is 1. The van der Waals surface area contributed by atoms with Gasteiger partial charge >= 0.3 is 5.97 Å². The Kier molecular flexibility index (Phi) is 4.51. The number of nitrogens with two attached hydrogens (primary N) is 1. The molecule has 0 aliphatic rings. The van der Waals surface area contributed by atoms with Crippen LogP contribution < -0.4 is 11.2 Å². The lowest BCUT2D eigenvalue weighted by Crippen LogP contribution is -2.21. The van der Waals surface area contributed by atoms with Gasteiger partial charge in [-0.3, -0.25) is 10.8 Å². The first kappa shape index (κ1) is 17.6. The summed E-state index contributed by atoms with van der Waals surface area (Å²) >= 11 is 0. The number of nitriles is 1. The Balaban J connectivity index is 2.00. The fraction of sp³-hybridized carbons (Fsp3) is 0.0588. The maximum absolute atomic E-state index is 11.5. The molecular weight excluding hydrogens is 348 g/mol. The van der Waals surface area contributed by atoms with E-state index in [-0.39, 0.29) is 11.4 Å². The van der Waals surface area contributed by atoms with E-state index in [2.05, 4.69) is 20.6 Å². The summed E-state index contributed by atoms with van der Waals surface area (Å²) in [4.78, 5) is 15.7. The molecule has 0 spiro atoms. The van der Waals surface area contributed by atoms with E-state index in [0.717, 1.165) is 5.56 Å². The molecule has 10 heteroatoms. The zero-order valence-electron chi connectivity index (χ0n) is 14.1. The molecule has 27 heavy (non-hydrogen) atoms. The van der Waals surface area contributed by atoms with Crippen LogP contribution >= 0.6 is 0 Å². The van der Waals surface area contributed by atoms with Gasteiger partial charge in [-0.2, -0.15) is 15.5 Å². The van der Waals surface area contributed by atoms with Gasteiger partial charge in [0.05, 0.1) is 11.1 Å². The summed E-state index contributed by atoms with van der Waals surface area (Å²) in [5, 5.41) is 33.7. The van der Waals surface area contributed by atoms with Gasteiger partial charge in [0.25, 0.3) is 0 Å². The molecule has 0 aliphatic carbocycles. The van der Waals surface area contributed by atoms with E-state index in [4.69, 9.17) is 16.4 Å². The van der Waals surface area contributed by atoms with Crippen molar-refractivity contribution in [1.29, 1.82) is 10.7 Å². The molecule has 0 radical (unpaired) electrons. The van der Waals surface area contributed by atoms with Crippen LogP contribution in [0.1, 0.15) is 10.5 Å². The van der Waals surface area contributed by atoms with Crippen LogP contribution in [0.2, 0.25) is 0 Å². The number of nitrogens with zero attached hydrogens (tertiary/aromatic N) is 5. The second kappa shape index (κ2) is 6.93. The van der Waals surface area contributed by atoms with Crippen LogP contribution in [0.15, 0.2) is 41.6 Å². The average Bonchev–Trinajstić information content (AvgIpc) is 3.00. The first-order valence-corrected chi connectivity index (χ1v) is 7.66. The van der Waals surface area contributed by atoms with Crippen molar-refractivity contribution in [3.8, 4) is 17.2 Å². The smallest absolute Gasteiger partial charge is 0.357 e. The summed E-state index contributed by atoms with van der Waals surface area (Å²) in [6, 6.07) is 10.4. The predicted octanol–water partition coefficient (Wildman–Crippen LogP) is 1.56.